The Hall–Kier alpha value is -1.52. The highest BCUT2D eigenvalue weighted by molar-refractivity contribution is 5.71. The van der Waals surface area contributed by atoms with Gasteiger partial charge in [0.25, 0.3) is 0 Å². The second-order valence-electron chi connectivity index (χ2n) is 4.00. The first-order chi connectivity index (χ1) is 7.75. The molecular formula is C12H13F3O2. The van der Waals surface area contributed by atoms with Gasteiger partial charge in [0, 0.05) is 0 Å². The topological polar surface area (TPSA) is 37.3 Å². The fourth-order valence-electron chi connectivity index (χ4n) is 1.64. The molecule has 1 N–H and O–H groups in total. The Labute approximate surface area is 97.1 Å². The summed E-state index contributed by atoms with van der Waals surface area (Å²) >= 11 is 0. The van der Waals surface area contributed by atoms with Gasteiger partial charge in [-0.05, 0) is 17.5 Å². The summed E-state index contributed by atoms with van der Waals surface area (Å²) in [4.78, 5) is 10.8. The van der Waals surface area contributed by atoms with Crippen molar-refractivity contribution in [2.24, 2.45) is 5.92 Å². The molecular weight excluding hydrogens is 233 g/mol. The lowest BCUT2D eigenvalue weighted by atomic mass is 9.86. The molecule has 0 saturated heterocycles. The van der Waals surface area contributed by atoms with Crippen LogP contribution in [0.3, 0.4) is 0 Å². The molecule has 0 aliphatic carbocycles. The molecule has 1 aromatic carbocycles. The van der Waals surface area contributed by atoms with Crippen molar-refractivity contribution in [1.29, 1.82) is 0 Å². The maximum absolute atomic E-state index is 12.7. The van der Waals surface area contributed by atoms with Crippen molar-refractivity contribution in [2.45, 2.75) is 25.9 Å². The molecule has 5 heteroatoms. The van der Waals surface area contributed by atoms with E-state index < -0.39 is 29.5 Å². The van der Waals surface area contributed by atoms with Gasteiger partial charge in [-0.2, -0.15) is 13.2 Å². The van der Waals surface area contributed by atoms with Crippen LogP contribution in [0.4, 0.5) is 13.2 Å². The maximum Gasteiger partial charge on any atom is 0.416 e. The molecule has 1 rings (SSSR count). The summed E-state index contributed by atoms with van der Waals surface area (Å²) in [5.41, 5.74) is -0.740. The van der Waals surface area contributed by atoms with Crippen LogP contribution in [-0.2, 0) is 11.0 Å². The number of benzene rings is 1. The van der Waals surface area contributed by atoms with E-state index in [9.17, 15) is 18.0 Å². The lowest BCUT2D eigenvalue weighted by Gasteiger charge is -2.21. The van der Waals surface area contributed by atoms with Crippen LogP contribution in [0, 0.1) is 5.92 Å². The Bertz CT molecular complexity index is 412. The van der Waals surface area contributed by atoms with Gasteiger partial charge in [0.2, 0.25) is 0 Å². The molecule has 0 spiro atoms. The first kappa shape index (κ1) is 13.5. The first-order valence-electron chi connectivity index (χ1n) is 5.14. The molecule has 2 atom stereocenters. The average molecular weight is 246 g/mol. The predicted molar refractivity (Wildman–Crippen MR) is 56.7 cm³/mol. The van der Waals surface area contributed by atoms with E-state index in [4.69, 9.17) is 5.11 Å². The lowest BCUT2D eigenvalue weighted by Crippen LogP contribution is -2.20. The number of halogens is 3. The Morgan fingerprint density at radius 1 is 1.24 bits per heavy atom. The number of aliphatic carboxylic acids is 1. The minimum absolute atomic E-state index is 0.0231. The fraction of sp³-hybridized carbons (Fsp3) is 0.417. The standard InChI is InChI=1S/C12H13F3O2/c1-7(8(2)11(16)17)9-5-3-4-6-10(9)12(13,14)15/h3-8H,1-2H3,(H,16,17). The number of carboxylic acids is 1. The highest BCUT2D eigenvalue weighted by atomic mass is 19.4. The van der Waals surface area contributed by atoms with Crippen molar-refractivity contribution in [3.63, 3.8) is 0 Å². The van der Waals surface area contributed by atoms with E-state index in [1.54, 1.807) is 0 Å². The summed E-state index contributed by atoms with van der Waals surface area (Å²) in [6, 6.07) is 5.08. The van der Waals surface area contributed by atoms with E-state index in [0.717, 1.165) is 6.07 Å². The zero-order chi connectivity index (χ0) is 13.2. The zero-order valence-corrected chi connectivity index (χ0v) is 9.45. The van der Waals surface area contributed by atoms with Crippen molar-refractivity contribution < 1.29 is 23.1 Å². The highest BCUT2D eigenvalue weighted by Gasteiger charge is 2.35. The summed E-state index contributed by atoms with van der Waals surface area (Å²) < 4.78 is 38.2. The van der Waals surface area contributed by atoms with Gasteiger partial charge in [0.15, 0.2) is 0 Å². The summed E-state index contributed by atoms with van der Waals surface area (Å²) in [6.07, 6.45) is -4.46. The molecule has 0 aliphatic heterocycles. The predicted octanol–water partition coefficient (Wildman–Crippen LogP) is 3.53. The van der Waals surface area contributed by atoms with Crippen molar-refractivity contribution in [3.05, 3.63) is 35.4 Å². The van der Waals surface area contributed by atoms with Crippen molar-refractivity contribution >= 4 is 5.97 Å². The van der Waals surface area contributed by atoms with Crippen LogP contribution in [0.25, 0.3) is 0 Å². The first-order valence-corrected chi connectivity index (χ1v) is 5.14. The van der Waals surface area contributed by atoms with E-state index in [-0.39, 0.29) is 5.56 Å². The van der Waals surface area contributed by atoms with Crippen LogP contribution in [0.1, 0.15) is 30.9 Å². The van der Waals surface area contributed by atoms with E-state index >= 15 is 0 Å². The third-order valence-corrected chi connectivity index (χ3v) is 2.90. The number of carboxylic acid groups (broad SMARTS) is 1. The highest BCUT2D eigenvalue weighted by Crippen LogP contribution is 2.37. The molecule has 94 valence electrons. The number of hydrogen-bond donors (Lipinski definition) is 1. The Kier molecular flexibility index (Phi) is 3.80. The normalized spacial score (nSPS) is 15.4. The van der Waals surface area contributed by atoms with Gasteiger partial charge in [-0.1, -0.05) is 32.0 Å². The smallest absolute Gasteiger partial charge is 0.416 e. The Morgan fingerprint density at radius 3 is 2.24 bits per heavy atom. The van der Waals surface area contributed by atoms with Crippen LogP contribution < -0.4 is 0 Å². The summed E-state index contributed by atoms with van der Waals surface area (Å²) in [5.74, 6) is -2.65. The van der Waals surface area contributed by atoms with Gasteiger partial charge in [0.1, 0.15) is 0 Å². The van der Waals surface area contributed by atoms with Crippen LogP contribution in [0.15, 0.2) is 24.3 Å². The minimum atomic E-state index is -4.46. The van der Waals surface area contributed by atoms with Crippen LogP contribution in [0.5, 0.6) is 0 Å². The minimum Gasteiger partial charge on any atom is -0.481 e. The Balaban J connectivity index is 3.18. The molecule has 0 aromatic heterocycles. The van der Waals surface area contributed by atoms with Gasteiger partial charge in [-0.3, -0.25) is 4.79 Å². The third kappa shape index (κ3) is 2.99. The SMILES string of the molecule is CC(C(=O)O)C(C)c1ccccc1C(F)(F)F. The summed E-state index contributed by atoms with van der Waals surface area (Å²) in [5, 5.41) is 8.83. The second kappa shape index (κ2) is 4.77. The Morgan fingerprint density at radius 2 is 1.76 bits per heavy atom. The van der Waals surface area contributed by atoms with Gasteiger partial charge in [-0.15, -0.1) is 0 Å². The van der Waals surface area contributed by atoms with Crippen LogP contribution in [-0.4, -0.2) is 11.1 Å². The second-order valence-corrected chi connectivity index (χ2v) is 4.00. The largest absolute Gasteiger partial charge is 0.481 e. The quantitative estimate of drug-likeness (QED) is 0.885. The van der Waals surface area contributed by atoms with Gasteiger partial charge >= 0.3 is 12.1 Å². The van der Waals surface area contributed by atoms with E-state index in [1.165, 1.54) is 32.0 Å². The number of rotatable bonds is 3. The number of carbonyl (C=O) groups is 1. The monoisotopic (exact) mass is 246 g/mol. The molecule has 0 aliphatic rings. The molecule has 0 radical (unpaired) electrons. The maximum atomic E-state index is 12.7. The molecule has 0 saturated carbocycles. The third-order valence-electron chi connectivity index (χ3n) is 2.90. The van der Waals surface area contributed by atoms with Crippen molar-refractivity contribution in [2.75, 3.05) is 0 Å². The molecule has 17 heavy (non-hydrogen) atoms. The molecule has 2 unspecified atom stereocenters. The van der Waals surface area contributed by atoms with Crippen molar-refractivity contribution in [3.8, 4) is 0 Å². The lowest BCUT2D eigenvalue weighted by molar-refractivity contribution is -0.143. The van der Waals surface area contributed by atoms with Crippen LogP contribution >= 0.6 is 0 Å². The van der Waals surface area contributed by atoms with Gasteiger partial charge < -0.3 is 5.11 Å². The molecule has 0 bridgehead atoms. The summed E-state index contributed by atoms with van der Waals surface area (Å²) in [7, 11) is 0. The zero-order valence-electron chi connectivity index (χ0n) is 9.45. The van der Waals surface area contributed by atoms with Crippen molar-refractivity contribution in [1.82, 2.24) is 0 Å². The molecule has 2 nitrogen and oxygen atoms in total. The number of hydrogen-bond acceptors (Lipinski definition) is 1. The molecule has 1 aromatic rings. The summed E-state index contributed by atoms with van der Waals surface area (Å²) in [6.45, 7) is 2.89. The number of alkyl halides is 3. The van der Waals surface area contributed by atoms with E-state index in [2.05, 4.69) is 0 Å². The van der Waals surface area contributed by atoms with Gasteiger partial charge in [-0.25, -0.2) is 0 Å². The van der Waals surface area contributed by atoms with Gasteiger partial charge in [0.05, 0.1) is 11.5 Å². The van der Waals surface area contributed by atoms with Crippen LogP contribution in [0.2, 0.25) is 0 Å². The fourth-order valence-corrected chi connectivity index (χ4v) is 1.64. The molecule has 0 fully saturated rings. The van der Waals surface area contributed by atoms with E-state index in [1.807, 2.05) is 0 Å². The van der Waals surface area contributed by atoms with E-state index in [0.29, 0.717) is 0 Å². The molecule has 0 amide bonds. The average Bonchev–Trinajstić information content (AvgIpc) is 2.25. The molecule has 0 heterocycles.